The van der Waals surface area contributed by atoms with Gasteiger partial charge in [0.05, 0.1) is 0 Å². The van der Waals surface area contributed by atoms with Crippen molar-refractivity contribution >= 4 is 0 Å². The number of hydrogen-bond acceptors (Lipinski definition) is 1. The molecule has 0 spiro atoms. The SMILES string of the molecule is CCCCC(C)C#CCO. The van der Waals surface area contributed by atoms with E-state index >= 15 is 0 Å². The second kappa shape index (κ2) is 6.64. The summed E-state index contributed by atoms with van der Waals surface area (Å²) in [6.07, 6.45) is 3.62. The maximum atomic E-state index is 8.37. The predicted octanol–water partition coefficient (Wildman–Crippen LogP) is 1.81. The quantitative estimate of drug-likeness (QED) is 0.593. The molecule has 1 N–H and O–H groups in total. The first kappa shape index (κ1) is 9.52. The van der Waals surface area contributed by atoms with Crippen LogP contribution in [-0.4, -0.2) is 11.7 Å². The van der Waals surface area contributed by atoms with Crippen LogP contribution in [0.5, 0.6) is 0 Å². The Kier molecular flexibility index (Phi) is 6.32. The van der Waals surface area contributed by atoms with Gasteiger partial charge in [0.25, 0.3) is 0 Å². The summed E-state index contributed by atoms with van der Waals surface area (Å²) in [4.78, 5) is 0. The topological polar surface area (TPSA) is 20.2 Å². The predicted molar refractivity (Wildman–Crippen MR) is 43.6 cm³/mol. The van der Waals surface area contributed by atoms with Crippen LogP contribution in [0.1, 0.15) is 33.1 Å². The van der Waals surface area contributed by atoms with Crippen LogP contribution in [0.25, 0.3) is 0 Å². The lowest BCUT2D eigenvalue weighted by atomic mass is 10.1. The molecule has 0 aromatic carbocycles. The smallest absolute Gasteiger partial charge is 0.104 e. The maximum absolute atomic E-state index is 8.37. The Hall–Kier alpha value is -0.480. The van der Waals surface area contributed by atoms with E-state index in [4.69, 9.17) is 5.11 Å². The summed E-state index contributed by atoms with van der Waals surface area (Å²) in [6.45, 7) is 4.26. The Morgan fingerprint density at radius 2 is 2.20 bits per heavy atom. The van der Waals surface area contributed by atoms with E-state index in [0.29, 0.717) is 5.92 Å². The third-order valence-corrected chi connectivity index (χ3v) is 1.42. The van der Waals surface area contributed by atoms with Gasteiger partial charge in [-0.3, -0.25) is 0 Å². The molecule has 0 saturated carbocycles. The highest BCUT2D eigenvalue weighted by Crippen LogP contribution is 2.04. The van der Waals surface area contributed by atoms with Crippen LogP contribution in [0, 0.1) is 17.8 Å². The minimum absolute atomic E-state index is 0.00351. The second-order valence-electron chi connectivity index (χ2n) is 2.52. The molecule has 1 unspecified atom stereocenters. The fourth-order valence-corrected chi connectivity index (χ4v) is 0.802. The van der Waals surface area contributed by atoms with Gasteiger partial charge in [0.2, 0.25) is 0 Å². The lowest BCUT2D eigenvalue weighted by Crippen LogP contribution is -1.89. The molecule has 0 heterocycles. The molecule has 10 heavy (non-hydrogen) atoms. The van der Waals surface area contributed by atoms with Crippen molar-refractivity contribution in [3.63, 3.8) is 0 Å². The molecule has 0 saturated heterocycles. The molecule has 0 bridgehead atoms. The Labute approximate surface area is 63.5 Å². The lowest BCUT2D eigenvalue weighted by Gasteiger charge is -1.99. The normalized spacial score (nSPS) is 11.9. The van der Waals surface area contributed by atoms with Gasteiger partial charge in [-0.05, 0) is 6.42 Å². The van der Waals surface area contributed by atoms with Crippen LogP contribution in [0.15, 0.2) is 0 Å². The van der Waals surface area contributed by atoms with Crippen molar-refractivity contribution in [2.45, 2.75) is 33.1 Å². The number of aliphatic hydroxyl groups excluding tert-OH is 1. The molecule has 0 rings (SSSR count). The summed E-state index contributed by atoms with van der Waals surface area (Å²) in [7, 11) is 0. The van der Waals surface area contributed by atoms with E-state index < -0.39 is 0 Å². The van der Waals surface area contributed by atoms with Crippen molar-refractivity contribution < 1.29 is 5.11 Å². The zero-order valence-corrected chi connectivity index (χ0v) is 6.85. The molecule has 0 aromatic heterocycles. The highest BCUT2D eigenvalue weighted by atomic mass is 16.2. The van der Waals surface area contributed by atoms with Crippen molar-refractivity contribution in [2.75, 3.05) is 6.61 Å². The van der Waals surface area contributed by atoms with E-state index in [-0.39, 0.29) is 6.61 Å². The molecule has 0 aliphatic rings. The average molecular weight is 140 g/mol. The monoisotopic (exact) mass is 140 g/mol. The van der Waals surface area contributed by atoms with Gasteiger partial charge in [-0.15, -0.1) is 0 Å². The standard InChI is InChI=1S/C9H16O/c1-3-4-6-9(2)7-5-8-10/h9-10H,3-4,6,8H2,1-2H3. The highest BCUT2D eigenvalue weighted by Gasteiger charge is 1.93. The van der Waals surface area contributed by atoms with Gasteiger partial charge < -0.3 is 5.11 Å². The molecule has 0 aliphatic carbocycles. The van der Waals surface area contributed by atoms with Crippen LogP contribution < -0.4 is 0 Å². The minimum atomic E-state index is -0.00351. The highest BCUT2D eigenvalue weighted by molar-refractivity contribution is 5.01. The second-order valence-corrected chi connectivity index (χ2v) is 2.52. The third kappa shape index (κ3) is 5.65. The molecule has 0 amide bonds. The van der Waals surface area contributed by atoms with E-state index in [0.717, 1.165) is 6.42 Å². The van der Waals surface area contributed by atoms with Crippen molar-refractivity contribution in [1.82, 2.24) is 0 Å². The molecular formula is C9H16O. The van der Waals surface area contributed by atoms with E-state index in [1.165, 1.54) is 12.8 Å². The van der Waals surface area contributed by atoms with Crippen molar-refractivity contribution in [3.8, 4) is 11.8 Å². The number of aliphatic hydroxyl groups is 1. The molecule has 1 atom stereocenters. The fraction of sp³-hybridized carbons (Fsp3) is 0.778. The fourth-order valence-electron chi connectivity index (χ4n) is 0.802. The summed E-state index contributed by atoms with van der Waals surface area (Å²) in [6, 6.07) is 0. The van der Waals surface area contributed by atoms with Crippen LogP contribution >= 0.6 is 0 Å². The average Bonchev–Trinajstić information content (AvgIpc) is 1.97. The van der Waals surface area contributed by atoms with Gasteiger partial charge in [-0.2, -0.15) is 0 Å². The summed E-state index contributed by atoms with van der Waals surface area (Å²) < 4.78 is 0. The van der Waals surface area contributed by atoms with Crippen LogP contribution in [-0.2, 0) is 0 Å². The Balaban J connectivity index is 3.33. The summed E-state index contributed by atoms with van der Waals surface area (Å²) in [5.74, 6) is 6.08. The zero-order chi connectivity index (χ0) is 7.82. The molecule has 1 nitrogen and oxygen atoms in total. The first-order valence-corrected chi connectivity index (χ1v) is 3.90. The molecule has 0 fully saturated rings. The van der Waals surface area contributed by atoms with Gasteiger partial charge in [-0.25, -0.2) is 0 Å². The molecule has 0 aromatic rings. The van der Waals surface area contributed by atoms with E-state index in [1.807, 2.05) is 0 Å². The number of rotatable bonds is 3. The van der Waals surface area contributed by atoms with Crippen LogP contribution in [0.4, 0.5) is 0 Å². The number of hydrogen-bond donors (Lipinski definition) is 1. The Morgan fingerprint density at radius 3 is 2.70 bits per heavy atom. The minimum Gasteiger partial charge on any atom is -0.384 e. The van der Waals surface area contributed by atoms with Gasteiger partial charge in [0.15, 0.2) is 0 Å². The van der Waals surface area contributed by atoms with Crippen molar-refractivity contribution in [2.24, 2.45) is 5.92 Å². The molecule has 1 heteroatoms. The van der Waals surface area contributed by atoms with Gasteiger partial charge in [0.1, 0.15) is 6.61 Å². The molecule has 0 aliphatic heterocycles. The first-order valence-electron chi connectivity index (χ1n) is 3.90. The van der Waals surface area contributed by atoms with Crippen molar-refractivity contribution in [1.29, 1.82) is 0 Å². The van der Waals surface area contributed by atoms with Gasteiger partial charge >= 0.3 is 0 Å². The van der Waals surface area contributed by atoms with Gasteiger partial charge in [-0.1, -0.05) is 38.5 Å². The van der Waals surface area contributed by atoms with E-state index in [1.54, 1.807) is 0 Å². The van der Waals surface area contributed by atoms with Crippen LogP contribution in [0.2, 0.25) is 0 Å². The van der Waals surface area contributed by atoms with E-state index in [2.05, 4.69) is 25.7 Å². The Morgan fingerprint density at radius 1 is 1.50 bits per heavy atom. The summed E-state index contributed by atoms with van der Waals surface area (Å²) >= 11 is 0. The van der Waals surface area contributed by atoms with Gasteiger partial charge in [0, 0.05) is 5.92 Å². The van der Waals surface area contributed by atoms with E-state index in [9.17, 15) is 0 Å². The Bertz CT molecular complexity index is 118. The van der Waals surface area contributed by atoms with Crippen molar-refractivity contribution in [3.05, 3.63) is 0 Å². The molecule has 58 valence electrons. The lowest BCUT2D eigenvalue weighted by molar-refractivity contribution is 0.350. The zero-order valence-electron chi connectivity index (χ0n) is 6.85. The number of unbranched alkanes of at least 4 members (excludes halogenated alkanes) is 1. The third-order valence-electron chi connectivity index (χ3n) is 1.42. The van der Waals surface area contributed by atoms with Crippen LogP contribution in [0.3, 0.4) is 0 Å². The molecular weight excluding hydrogens is 124 g/mol. The maximum Gasteiger partial charge on any atom is 0.104 e. The first-order chi connectivity index (χ1) is 4.81. The summed E-state index contributed by atoms with van der Waals surface area (Å²) in [5.41, 5.74) is 0. The largest absolute Gasteiger partial charge is 0.384 e. The summed E-state index contributed by atoms with van der Waals surface area (Å²) in [5, 5.41) is 8.37. The molecule has 0 radical (unpaired) electrons.